The summed E-state index contributed by atoms with van der Waals surface area (Å²) in [6.45, 7) is 0.657. The van der Waals surface area contributed by atoms with Crippen LogP contribution in [-0.4, -0.2) is 21.3 Å². The molecule has 0 aromatic carbocycles. The molecular weight excluding hydrogens is 248 g/mol. The van der Waals surface area contributed by atoms with Crippen LogP contribution in [0.2, 0.25) is 0 Å². The number of aryl methyl sites for hydroxylation is 1. The van der Waals surface area contributed by atoms with Gasteiger partial charge in [0.05, 0.1) is 0 Å². The Morgan fingerprint density at radius 2 is 1.75 bits per heavy atom. The SMILES string of the molecule is Cn1nc(CC2C3CC4CC(C3)CC2C4)nc1CCN. The molecule has 1 heterocycles. The molecule has 4 fully saturated rings. The van der Waals surface area contributed by atoms with Crippen LogP contribution in [0.3, 0.4) is 0 Å². The fraction of sp³-hybridized carbons (Fsp3) is 0.875. The predicted octanol–water partition coefficient (Wildman–Crippen LogP) is 1.93. The van der Waals surface area contributed by atoms with Crippen molar-refractivity contribution in [3.63, 3.8) is 0 Å². The average molecular weight is 274 g/mol. The Labute approximate surface area is 121 Å². The van der Waals surface area contributed by atoms with Gasteiger partial charge in [0.1, 0.15) is 5.82 Å². The maximum absolute atomic E-state index is 5.64. The molecule has 0 amide bonds. The molecule has 20 heavy (non-hydrogen) atoms. The Bertz CT molecular complexity index is 465. The van der Waals surface area contributed by atoms with Gasteiger partial charge in [-0.25, -0.2) is 4.98 Å². The lowest BCUT2D eigenvalue weighted by Gasteiger charge is -2.54. The van der Waals surface area contributed by atoms with Crippen LogP contribution in [0.15, 0.2) is 0 Å². The van der Waals surface area contributed by atoms with Gasteiger partial charge in [-0.15, -0.1) is 0 Å². The quantitative estimate of drug-likeness (QED) is 0.912. The number of rotatable bonds is 4. The first-order valence-electron chi connectivity index (χ1n) is 8.31. The third-order valence-corrected chi connectivity index (χ3v) is 6.11. The fourth-order valence-electron chi connectivity index (χ4n) is 5.49. The zero-order chi connectivity index (χ0) is 13.7. The molecule has 110 valence electrons. The molecule has 4 saturated carbocycles. The minimum Gasteiger partial charge on any atom is -0.330 e. The largest absolute Gasteiger partial charge is 0.330 e. The molecular formula is C16H26N4. The van der Waals surface area contributed by atoms with Crippen molar-refractivity contribution >= 4 is 0 Å². The van der Waals surface area contributed by atoms with Crippen molar-refractivity contribution in [3.05, 3.63) is 11.6 Å². The zero-order valence-electron chi connectivity index (χ0n) is 12.5. The Hall–Kier alpha value is -0.900. The topological polar surface area (TPSA) is 56.7 Å². The van der Waals surface area contributed by atoms with Crippen molar-refractivity contribution < 1.29 is 0 Å². The van der Waals surface area contributed by atoms with Crippen LogP contribution in [0.25, 0.3) is 0 Å². The fourth-order valence-corrected chi connectivity index (χ4v) is 5.49. The lowest BCUT2D eigenvalue weighted by molar-refractivity contribution is -0.0367. The number of nitrogens with zero attached hydrogens (tertiary/aromatic N) is 3. The molecule has 0 spiro atoms. The van der Waals surface area contributed by atoms with Gasteiger partial charge in [0.15, 0.2) is 5.82 Å². The van der Waals surface area contributed by atoms with Crippen molar-refractivity contribution in [1.82, 2.24) is 14.8 Å². The molecule has 2 N–H and O–H groups in total. The van der Waals surface area contributed by atoms with Crippen LogP contribution in [-0.2, 0) is 19.9 Å². The van der Waals surface area contributed by atoms with Crippen LogP contribution >= 0.6 is 0 Å². The maximum Gasteiger partial charge on any atom is 0.151 e. The minimum absolute atomic E-state index is 0.657. The summed E-state index contributed by atoms with van der Waals surface area (Å²) < 4.78 is 1.93. The van der Waals surface area contributed by atoms with Crippen molar-refractivity contribution in [2.24, 2.45) is 42.4 Å². The summed E-state index contributed by atoms with van der Waals surface area (Å²) in [4.78, 5) is 4.72. The summed E-state index contributed by atoms with van der Waals surface area (Å²) >= 11 is 0. The van der Waals surface area contributed by atoms with Gasteiger partial charge < -0.3 is 5.73 Å². The van der Waals surface area contributed by atoms with E-state index in [4.69, 9.17) is 10.7 Å². The highest BCUT2D eigenvalue weighted by atomic mass is 15.3. The molecule has 4 aliphatic rings. The van der Waals surface area contributed by atoms with Gasteiger partial charge in [-0.1, -0.05) is 0 Å². The highest BCUT2D eigenvalue weighted by molar-refractivity contribution is 5.02. The molecule has 4 nitrogen and oxygen atoms in total. The smallest absolute Gasteiger partial charge is 0.151 e. The second-order valence-corrected chi connectivity index (χ2v) is 7.41. The molecule has 1 aromatic heterocycles. The van der Waals surface area contributed by atoms with Gasteiger partial charge in [-0.3, -0.25) is 4.68 Å². The standard InChI is InChI=1S/C16H26N4/c1-20-16(2-3-17)18-15(19-20)9-14-12-5-10-4-11(7-12)8-13(14)6-10/h10-14H,2-9,17H2,1H3. The molecule has 1 aromatic rings. The third-order valence-electron chi connectivity index (χ3n) is 6.11. The van der Waals surface area contributed by atoms with Gasteiger partial charge in [0.25, 0.3) is 0 Å². The van der Waals surface area contributed by atoms with Crippen molar-refractivity contribution in [3.8, 4) is 0 Å². The summed E-state index contributed by atoms with van der Waals surface area (Å²) in [5.74, 6) is 7.01. The van der Waals surface area contributed by atoms with Gasteiger partial charge in [-0.2, -0.15) is 5.10 Å². The van der Waals surface area contributed by atoms with E-state index in [0.717, 1.165) is 54.1 Å². The molecule has 0 unspecified atom stereocenters. The van der Waals surface area contributed by atoms with E-state index < -0.39 is 0 Å². The van der Waals surface area contributed by atoms with Crippen molar-refractivity contribution in [1.29, 1.82) is 0 Å². The van der Waals surface area contributed by atoms with E-state index in [2.05, 4.69) is 5.10 Å². The summed E-state index contributed by atoms with van der Waals surface area (Å²) in [6, 6.07) is 0. The highest BCUT2D eigenvalue weighted by Gasteiger charge is 2.48. The van der Waals surface area contributed by atoms with Crippen LogP contribution in [0.4, 0.5) is 0 Å². The number of aromatic nitrogens is 3. The maximum atomic E-state index is 5.64. The minimum atomic E-state index is 0.657. The van der Waals surface area contributed by atoms with Crippen LogP contribution < -0.4 is 5.73 Å². The molecule has 5 rings (SSSR count). The van der Waals surface area contributed by atoms with E-state index in [-0.39, 0.29) is 0 Å². The van der Waals surface area contributed by atoms with Crippen molar-refractivity contribution in [2.75, 3.05) is 6.54 Å². The lowest BCUT2D eigenvalue weighted by atomic mass is 9.51. The van der Waals surface area contributed by atoms with E-state index in [0.29, 0.717) is 6.54 Å². The third kappa shape index (κ3) is 2.09. The number of hydrogen-bond acceptors (Lipinski definition) is 3. The summed E-state index contributed by atoms with van der Waals surface area (Å²) in [7, 11) is 2.00. The number of hydrogen-bond donors (Lipinski definition) is 1. The Morgan fingerprint density at radius 3 is 2.35 bits per heavy atom. The predicted molar refractivity (Wildman–Crippen MR) is 78.0 cm³/mol. The molecule has 0 radical (unpaired) electrons. The first-order chi connectivity index (χ1) is 9.72. The Kier molecular flexibility index (Phi) is 3.09. The highest BCUT2D eigenvalue weighted by Crippen LogP contribution is 2.57. The van der Waals surface area contributed by atoms with E-state index in [1.165, 1.54) is 32.1 Å². The van der Waals surface area contributed by atoms with E-state index in [1.54, 1.807) is 0 Å². The van der Waals surface area contributed by atoms with Crippen LogP contribution in [0, 0.1) is 29.6 Å². The van der Waals surface area contributed by atoms with Gasteiger partial charge in [-0.05, 0) is 68.2 Å². The van der Waals surface area contributed by atoms with E-state index in [9.17, 15) is 0 Å². The van der Waals surface area contributed by atoms with Gasteiger partial charge in [0, 0.05) is 19.9 Å². The first kappa shape index (κ1) is 12.8. The Balaban J connectivity index is 1.50. The summed E-state index contributed by atoms with van der Waals surface area (Å²) in [6.07, 6.45) is 9.42. The normalized spacial score (nSPS) is 38.6. The molecule has 0 atom stereocenters. The second-order valence-electron chi connectivity index (χ2n) is 7.41. The zero-order valence-corrected chi connectivity index (χ0v) is 12.5. The summed E-state index contributed by atoms with van der Waals surface area (Å²) in [5.41, 5.74) is 5.64. The van der Waals surface area contributed by atoms with Crippen molar-refractivity contribution in [2.45, 2.75) is 44.9 Å². The average Bonchev–Trinajstić information content (AvgIpc) is 2.74. The molecule has 4 aliphatic carbocycles. The van der Waals surface area contributed by atoms with Crippen LogP contribution in [0.1, 0.15) is 43.8 Å². The lowest BCUT2D eigenvalue weighted by Crippen LogP contribution is -2.45. The second kappa shape index (κ2) is 4.83. The van der Waals surface area contributed by atoms with Gasteiger partial charge in [0.2, 0.25) is 0 Å². The van der Waals surface area contributed by atoms with E-state index in [1.807, 2.05) is 11.7 Å². The summed E-state index contributed by atoms with van der Waals surface area (Å²) in [5, 5.41) is 4.63. The first-order valence-corrected chi connectivity index (χ1v) is 8.31. The molecule has 4 bridgehead atoms. The molecule has 0 saturated heterocycles. The van der Waals surface area contributed by atoms with Gasteiger partial charge >= 0.3 is 0 Å². The monoisotopic (exact) mass is 274 g/mol. The van der Waals surface area contributed by atoms with Crippen LogP contribution in [0.5, 0.6) is 0 Å². The number of nitrogens with two attached hydrogens (primary N) is 1. The molecule has 0 aliphatic heterocycles. The van der Waals surface area contributed by atoms with E-state index >= 15 is 0 Å². The Morgan fingerprint density at radius 1 is 1.10 bits per heavy atom. The molecule has 4 heteroatoms.